The first kappa shape index (κ1) is 23.8. The molecule has 6 nitrogen and oxygen atoms in total. The smallest absolute Gasteiger partial charge is 0.410 e. The summed E-state index contributed by atoms with van der Waals surface area (Å²) in [6.07, 6.45) is 2.81. The minimum Gasteiger partial charge on any atom is -0.444 e. The molecule has 1 amide bonds. The predicted octanol–water partition coefficient (Wildman–Crippen LogP) is 3.98. The van der Waals surface area contributed by atoms with E-state index in [1.807, 2.05) is 31.7 Å². The topological polar surface area (TPSA) is 45.2 Å². The molecule has 7 heteroatoms. The Morgan fingerprint density at radius 1 is 1.16 bits per heavy atom. The van der Waals surface area contributed by atoms with Crippen LogP contribution in [0.3, 0.4) is 0 Å². The molecule has 0 radical (unpaired) electrons. The van der Waals surface area contributed by atoms with Crippen molar-refractivity contribution >= 4 is 17.7 Å². The molecule has 3 aliphatic heterocycles. The van der Waals surface area contributed by atoms with Gasteiger partial charge in [0, 0.05) is 55.9 Å². The highest BCUT2D eigenvalue weighted by Gasteiger charge is 2.40. The van der Waals surface area contributed by atoms with Crippen molar-refractivity contribution in [1.29, 1.82) is 0 Å². The fourth-order valence-corrected chi connectivity index (χ4v) is 5.42. The number of aryl methyl sites for hydroxylation is 1. The zero-order valence-electron chi connectivity index (χ0n) is 20.0. The average Bonchev–Trinajstić information content (AvgIpc) is 2.75. The minimum absolute atomic E-state index is 0.186. The molecule has 178 valence electrons. The second-order valence-electron chi connectivity index (χ2n) is 10.6. The van der Waals surface area contributed by atoms with Gasteiger partial charge in [-0.2, -0.15) is 0 Å². The van der Waals surface area contributed by atoms with Crippen molar-refractivity contribution in [3.8, 4) is 0 Å². The van der Waals surface area contributed by atoms with Gasteiger partial charge in [0.05, 0.1) is 13.2 Å². The van der Waals surface area contributed by atoms with E-state index < -0.39 is 5.60 Å². The molecular formula is C25H38ClN3O3. The SMILES string of the molecule is Cc1cc(CC2CN3CCOCC3CN2C2CCN(C(=O)OC(C)(C)C)CC2)ccc1Cl. The van der Waals surface area contributed by atoms with E-state index in [1.165, 1.54) is 5.56 Å². The van der Waals surface area contributed by atoms with Crippen molar-refractivity contribution in [1.82, 2.24) is 14.7 Å². The van der Waals surface area contributed by atoms with E-state index in [4.69, 9.17) is 21.1 Å². The zero-order valence-corrected chi connectivity index (χ0v) is 20.7. The number of nitrogens with zero attached hydrogens (tertiary/aromatic N) is 3. The molecule has 32 heavy (non-hydrogen) atoms. The number of halogens is 1. The minimum atomic E-state index is -0.451. The van der Waals surface area contributed by atoms with Gasteiger partial charge in [-0.15, -0.1) is 0 Å². The van der Waals surface area contributed by atoms with E-state index in [0.29, 0.717) is 18.1 Å². The van der Waals surface area contributed by atoms with Crippen molar-refractivity contribution in [3.63, 3.8) is 0 Å². The molecule has 0 saturated carbocycles. The van der Waals surface area contributed by atoms with E-state index in [0.717, 1.165) is 75.8 Å². The van der Waals surface area contributed by atoms with Crippen LogP contribution in [0, 0.1) is 6.92 Å². The second kappa shape index (κ2) is 9.88. The van der Waals surface area contributed by atoms with Crippen LogP contribution < -0.4 is 0 Å². The van der Waals surface area contributed by atoms with Crippen LogP contribution in [0.2, 0.25) is 5.02 Å². The lowest BCUT2D eigenvalue weighted by molar-refractivity contribution is -0.0803. The number of benzene rings is 1. The average molecular weight is 464 g/mol. The highest BCUT2D eigenvalue weighted by Crippen LogP contribution is 2.29. The Kier molecular flexibility index (Phi) is 7.35. The lowest BCUT2D eigenvalue weighted by atomic mass is 9.93. The number of piperazine rings is 1. The first-order chi connectivity index (χ1) is 15.2. The van der Waals surface area contributed by atoms with Gasteiger partial charge in [0.25, 0.3) is 0 Å². The monoisotopic (exact) mass is 463 g/mol. The van der Waals surface area contributed by atoms with Crippen LogP contribution in [0.4, 0.5) is 4.79 Å². The summed E-state index contributed by atoms with van der Waals surface area (Å²) in [6, 6.07) is 7.84. The van der Waals surface area contributed by atoms with E-state index in [-0.39, 0.29) is 6.09 Å². The number of hydrogen-bond acceptors (Lipinski definition) is 5. The molecule has 3 aliphatic rings. The Balaban J connectivity index is 1.44. The van der Waals surface area contributed by atoms with Gasteiger partial charge in [-0.3, -0.25) is 9.80 Å². The number of fused-ring (bicyclic) bond motifs is 1. The summed E-state index contributed by atoms with van der Waals surface area (Å²) in [5.41, 5.74) is 2.04. The van der Waals surface area contributed by atoms with Gasteiger partial charge in [0.1, 0.15) is 5.60 Å². The van der Waals surface area contributed by atoms with Gasteiger partial charge in [0.15, 0.2) is 0 Å². The summed E-state index contributed by atoms with van der Waals surface area (Å²) in [5.74, 6) is 0. The van der Waals surface area contributed by atoms with Gasteiger partial charge in [-0.05, 0) is 64.2 Å². The summed E-state index contributed by atoms with van der Waals surface area (Å²) in [7, 11) is 0. The van der Waals surface area contributed by atoms with Crippen molar-refractivity contribution < 1.29 is 14.3 Å². The molecule has 0 bridgehead atoms. The largest absolute Gasteiger partial charge is 0.444 e. The maximum atomic E-state index is 12.5. The third kappa shape index (κ3) is 5.77. The van der Waals surface area contributed by atoms with Gasteiger partial charge < -0.3 is 14.4 Å². The summed E-state index contributed by atoms with van der Waals surface area (Å²) in [4.78, 5) is 19.7. The molecule has 0 aromatic heterocycles. The number of carbonyl (C=O) groups is 1. The molecule has 1 aromatic rings. The molecule has 3 saturated heterocycles. The fourth-order valence-electron chi connectivity index (χ4n) is 5.31. The van der Waals surface area contributed by atoms with Gasteiger partial charge in [-0.1, -0.05) is 23.7 Å². The number of morpholine rings is 1. The number of likely N-dealkylation sites (tertiary alicyclic amines) is 1. The third-order valence-corrected chi connectivity index (χ3v) is 7.39. The normalized spacial score (nSPS) is 26.1. The standard InChI is InChI=1S/C25H38ClN3O3/c1-18-13-19(5-6-23(18)26)14-21-15-28-11-12-31-17-22(28)16-29(21)20-7-9-27(10-8-20)24(30)32-25(2,3)4/h5-6,13,20-22H,7-12,14-17H2,1-4H3. The van der Waals surface area contributed by atoms with E-state index in [9.17, 15) is 4.79 Å². The Labute approximate surface area is 197 Å². The Bertz CT molecular complexity index is 804. The molecule has 0 N–H and O–H groups in total. The first-order valence-electron chi connectivity index (χ1n) is 12.0. The summed E-state index contributed by atoms with van der Waals surface area (Å²) >= 11 is 6.27. The van der Waals surface area contributed by atoms with E-state index >= 15 is 0 Å². The lowest BCUT2D eigenvalue weighted by Gasteiger charge is -2.52. The Morgan fingerprint density at radius 2 is 1.91 bits per heavy atom. The maximum Gasteiger partial charge on any atom is 0.410 e. The van der Waals surface area contributed by atoms with Crippen LogP contribution in [0.15, 0.2) is 18.2 Å². The molecule has 4 rings (SSSR count). The highest BCUT2D eigenvalue weighted by atomic mass is 35.5. The van der Waals surface area contributed by atoms with Crippen LogP contribution >= 0.6 is 11.6 Å². The van der Waals surface area contributed by atoms with Gasteiger partial charge >= 0.3 is 6.09 Å². The lowest BCUT2D eigenvalue weighted by Crippen LogP contribution is -2.65. The highest BCUT2D eigenvalue weighted by molar-refractivity contribution is 6.31. The summed E-state index contributed by atoms with van der Waals surface area (Å²) < 4.78 is 11.4. The molecule has 0 aliphatic carbocycles. The number of amides is 1. The second-order valence-corrected chi connectivity index (χ2v) is 11.0. The summed E-state index contributed by atoms with van der Waals surface area (Å²) in [5, 5.41) is 0.831. The number of hydrogen-bond donors (Lipinski definition) is 0. The molecule has 3 heterocycles. The Hall–Kier alpha value is -1.34. The Morgan fingerprint density at radius 3 is 2.59 bits per heavy atom. The molecule has 1 aromatic carbocycles. The predicted molar refractivity (Wildman–Crippen MR) is 127 cm³/mol. The van der Waals surface area contributed by atoms with E-state index in [2.05, 4.69) is 28.9 Å². The zero-order chi connectivity index (χ0) is 22.9. The van der Waals surface area contributed by atoms with Gasteiger partial charge in [-0.25, -0.2) is 4.79 Å². The van der Waals surface area contributed by atoms with Crippen LogP contribution in [-0.4, -0.2) is 90.5 Å². The number of piperidine rings is 1. The van der Waals surface area contributed by atoms with Gasteiger partial charge in [0.2, 0.25) is 0 Å². The first-order valence-corrected chi connectivity index (χ1v) is 12.4. The maximum absolute atomic E-state index is 12.5. The van der Waals surface area contributed by atoms with Crippen LogP contribution in [0.5, 0.6) is 0 Å². The van der Waals surface area contributed by atoms with E-state index in [1.54, 1.807) is 0 Å². The number of rotatable bonds is 3. The molecule has 2 atom stereocenters. The van der Waals surface area contributed by atoms with Crippen molar-refractivity contribution in [2.75, 3.05) is 45.9 Å². The third-order valence-electron chi connectivity index (χ3n) is 6.96. The van der Waals surface area contributed by atoms with Crippen LogP contribution in [0.1, 0.15) is 44.7 Å². The molecule has 2 unspecified atom stereocenters. The summed E-state index contributed by atoms with van der Waals surface area (Å²) in [6.45, 7) is 14.1. The van der Waals surface area contributed by atoms with Crippen molar-refractivity contribution in [3.05, 3.63) is 34.3 Å². The molecular weight excluding hydrogens is 426 g/mol. The van der Waals surface area contributed by atoms with Crippen LogP contribution in [-0.2, 0) is 15.9 Å². The van der Waals surface area contributed by atoms with Crippen molar-refractivity contribution in [2.45, 2.75) is 70.7 Å². The van der Waals surface area contributed by atoms with Crippen LogP contribution in [0.25, 0.3) is 0 Å². The fraction of sp³-hybridized carbons (Fsp3) is 0.720. The molecule has 0 spiro atoms. The quantitative estimate of drug-likeness (QED) is 0.678. The molecule has 3 fully saturated rings. The van der Waals surface area contributed by atoms with Crippen molar-refractivity contribution in [2.24, 2.45) is 0 Å². The number of carbonyl (C=O) groups excluding carboxylic acids is 1. The number of ether oxygens (including phenoxy) is 2.